The lowest BCUT2D eigenvalue weighted by molar-refractivity contribution is -0.118. The van der Waals surface area contributed by atoms with Crippen molar-refractivity contribution in [3.63, 3.8) is 0 Å². The van der Waals surface area contributed by atoms with Crippen LogP contribution in [-0.2, 0) is 11.2 Å². The molecule has 0 spiro atoms. The Morgan fingerprint density at radius 1 is 1.23 bits per heavy atom. The van der Waals surface area contributed by atoms with E-state index in [1.807, 2.05) is 32.9 Å². The van der Waals surface area contributed by atoms with E-state index in [2.05, 4.69) is 27.8 Å². The van der Waals surface area contributed by atoms with Crippen LogP contribution in [0.1, 0.15) is 54.5 Å². The summed E-state index contributed by atoms with van der Waals surface area (Å²) in [7, 11) is 0. The van der Waals surface area contributed by atoms with E-state index in [1.165, 1.54) is 11.3 Å². The molecule has 2 rings (SSSR count). The maximum Gasteiger partial charge on any atom is 0.251 e. The number of carbonyl (C=O) groups is 2. The fourth-order valence-corrected chi connectivity index (χ4v) is 3.25. The van der Waals surface area contributed by atoms with Gasteiger partial charge in [-0.25, -0.2) is 0 Å². The second-order valence-electron chi connectivity index (χ2n) is 6.66. The molecule has 0 bridgehead atoms. The fourth-order valence-electron chi connectivity index (χ4n) is 2.46. The molecule has 26 heavy (non-hydrogen) atoms. The molecule has 0 saturated heterocycles. The number of hydrogen-bond donors (Lipinski definition) is 2. The monoisotopic (exact) mass is 374 g/mol. The molecule has 2 aromatic rings. The number of benzene rings is 1. The first kappa shape index (κ1) is 20.0. The van der Waals surface area contributed by atoms with Crippen LogP contribution >= 0.6 is 11.3 Å². The van der Waals surface area contributed by atoms with Gasteiger partial charge >= 0.3 is 0 Å². The third kappa shape index (κ3) is 5.62. The Bertz CT molecular complexity index is 758. The molecule has 7 heteroatoms. The molecular weight excluding hydrogens is 348 g/mol. The lowest BCUT2D eigenvalue weighted by Crippen LogP contribution is -2.47. The van der Waals surface area contributed by atoms with Crippen molar-refractivity contribution in [2.45, 2.75) is 53.0 Å². The average Bonchev–Trinajstić information content (AvgIpc) is 3.04. The molecule has 6 nitrogen and oxygen atoms in total. The first-order valence-corrected chi connectivity index (χ1v) is 9.73. The smallest absolute Gasteiger partial charge is 0.251 e. The highest BCUT2D eigenvalue weighted by molar-refractivity contribution is 7.15. The number of nitrogens with zero attached hydrogens (tertiary/aromatic N) is 2. The minimum absolute atomic E-state index is 0.0590. The molecule has 1 aromatic carbocycles. The topological polar surface area (TPSA) is 84.0 Å². The van der Waals surface area contributed by atoms with Crippen LogP contribution in [-0.4, -0.2) is 28.1 Å². The van der Waals surface area contributed by atoms with Crippen molar-refractivity contribution < 1.29 is 9.59 Å². The number of amides is 2. The van der Waals surface area contributed by atoms with Gasteiger partial charge in [-0.1, -0.05) is 56.2 Å². The van der Waals surface area contributed by atoms with Gasteiger partial charge < -0.3 is 5.32 Å². The van der Waals surface area contributed by atoms with E-state index in [0.29, 0.717) is 10.7 Å². The number of aryl methyl sites for hydroxylation is 2. The highest BCUT2D eigenvalue weighted by Crippen LogP contribution is 2.18. The predicted molar refractivity (Wildman–Crippen MR) is 104 cm³/mol. The first-order valence-electron chi connectivity index (χ1n) is 8.91. The zero-order chi connectivity index (χ0) is 19.1. The second kappa shape index (κ2) is 9.43. The lowest BCUT2D eigenvalue weighted by Gasteiger charge is -2.21. The molecule has 0 fully saturated rings. The maximum absolute atomic E-state index is 12.6. The van der Waals surface area contributed by atoms with Crippen LogP contribution in [0.3, 0.4) is 0 Å². The van der Waals surface area contributed by atoms with E-state index in [9.17, 15) is 9.59 Å². The van der Waals surface area contributed by atoms with E-state index >= 15 is 0 Å². The van der Waals surface area contributed by atoms with Crippen LogP contribution < -0.4 is 10.6 Å². The van der Waals surface area contributed by atoms with Gasteiger partial charge in [-0.05, 0) is 31.4 Å². The number of anilines is 1. The minimum Gasteiger partial charge on any atom is -0.340 e. The van der Waals surface area contributed by atoms with Crippen molar-refractivity contribution in [1.29, 1.82) is 0 Å². The highest BCUT2D eigenvalue weighted by atomic mass is 32.1. The zero-order valence-corrected chi connectivity index (χ0v) is 16.5. The summed E-state index contributed by atoms with van der Waals surface area (Å²) in [6, 6.07) is 6.64. The summed E-state index contributed by atoms with van der Waals surface area (Å²) in [5, 5.41) is 15.1. The van der Waals surface area contributed by atoms with Crippen molar-refractivity contribution in [2.24, 2.45) is 5.92 Å². The van der Waals surface area contributed by atoms with E-state index < -0.39 is 6.04 Å². The summed E-state index contributed by atoms with van der Waals surface area (Å²) in [6.07, 6.45) is 2.99. The normalized spacial score (nSPS) is 12.0. The first-order chi connectivity index (χ1) is 12.4. The molecule has 0 aliphatic rings. The van der Waals surface area contributed by atoms with Crippen LogP contribution in [0, 0.1) is 12.8 Å². The van der Waals surface area contributed by atoms with Crippen LogP contribution in [0.5, 0.6) is 0 Å². The lowest BCUT2D eigenvalue weighted by atomic mass is 10.0. The Hall–Kier alpha value is -2.28. The van der Waals surface area contributed by atoms with Crippen molar-refractivity contribution in [3.05, 3.63) is 40.4 Å². The number of unbranched alkanes of at least 4 members (excludes halogenated alkanes) is 1. The van der Waals surface area contributed by atoms with E-state index in [-0.39, 0.29) is 17.7 Å². The van der Waals surface area contributed by atoms with Crippen molar-refractivity contribution in [2.75, 3.05) is 5.32 Å². The molecule has 1 unspecified atom stereocenters. The highest BCUT2D eigenvalue weighted by Gasteiger charge is 2.25. The van der Waals surface area contributed by atoms with Gasteiger partial charge in [0.05, 0.1) is 0 Å². The Morgan fingerprint density at radius 3 is 2.65 bits per heavy atom. The van der Waals surface area contributed by atoms with Crippen molar-refractivity contribution in [3.8, 4) is 0 Å². The van der Waals surface area contributed by atoms with E-state index in [4.69, 9.17) is 0 Å². The van der Waals surface area contributed by atoms with Gasteiger partial charge in [-0.15, -0.1) is 10.2 Å². The molecule has 2 N–H and O–H groups in total. The third-order valence-electron chi connectivity index (χ3n) is 3.96. The quantitative estimate of drug-likeness (QED) is 0.740. The van der Waals surface area contributed by atoms with Crippen LogP contribution in [0.15, 0.2) is 24.3 Å². The summed E-state index contributed by atoms with van der Waals surface area (Å²) >= 11 is 1.38. The fraction of sp³-hybridized carbons (Fsp3) is 0.474. The van der Waals surface area contributed by atoms with Crippen LogP contribution in [0.25, 0.3) is 0 Å². The molecule has 0 aliphatic carbocycles. The van der Waals surface area contributed by atoms with Crippen LogP contribution in [0.4, 0.5) is 5.13 Å². The van der Waals surface area contributed by atoms with Crippen LogP contribution in [0.2, 0.25) is 0 Å². The second-order valence-corrected chi connectivity index (χ2v) is 7.72. The van der Waals surface area contributed by atoms with Gasteiger partial charge in [-0.2, -0.15) is 0 Å². The number of hydrogen-bond acceptors (Lipinski definition) is 5. The summed E-state index contributed by atoms with van der Waals surface area (Å²) in [5.41, 5.74) is 1.54. The molecule has 0 aliphatic heterocycles. The number of carbonyl (C=O) groups excluding carboxylic acids is 2. The molecular formula is C19H26N4O2S. The standard InChI is InChI=1S/C19H26N4O2S/c1-5-6-10-15-22-23-19(26-15)21-18(25)16(12(2)3)20-17(24)14-9-7-8-13(4)11-14/h7-9,11-12,16H,5-6,10H2,1-4H3,(H,20,24)(H,21,23,25). The summed E-state index contributed by atoms with van der Waals surface area (Å²) in [6.45, 7) is 7.84. The maximum atomic E-state index is 12.6. The molecule has 1 aromatic heterocycles. The molecule has 0 radical (unpaired) electrons. The number of rotatable bonds is 8. The Balaban J connectivity index is 2.03. The van der Waals surface area contributed by atoms with E-state index in [0.717, 1.165) is 29.8 Å². The summed E-state index contributed by atoms with van der Waals surface area (Å²) < 4.78 is 0. The molecule has 1 heterocycles. The van der Waals surface area contributed by atoms with Gasteiger partial charge in [0, 0.05) is 12.0 Å². The van der Waals surface area contributed by atoms with Gasteiger partial charge in [0.1, 0.15) is 11.0 Å². The minimum atomic E-state index is -0.647. The molecule has 140 valence electrons. The zero-order valence-electron chi connectivity index (χ0n) is 15.7. The SMILES string of the molecule is CCCCc1nnc(NC(=O)C(NC(=O)c2cccc(C)c2)C(C)C)s1. The molecule has 2 amide bonds. The van der Waals surface area contributed by atoms with Gasteiger partial charge in [-0.3, -0.25) is 14.9 Å². The van der Waals surface area contributed by atoms with Crippen molar-refractivity contribution >= 4 is 28.3 Å². The van der Waals surface area contributed by atoms with E-state index in [1.54, 1.807) is 12.1 Å². The molecule has 0 saturated carbocycles. The summed E-state index contributed by atoms with van der Waals surface area (Å²) in [4.78, 5) is 25.1. The third-order valence-corrected chi connectivity index (χ3v) is 4.86. The Kier molecular flexibility index (Phi) is 7.26. The largest absolute Gasteiger partial charge is 0.340 e. The number of aromatic nitrogens is 2. The number of nitrogens with one attached hydrogen (secondary N) is 2. The predicted octanol–water partition coefficient (Wildman–Crippen LogP) is 3.58. The van der Waals surface area contributed by atoms with Gasteiger partial charge in [0.2, 0.25) is 11.0 Å². The van der Waals surface area contributed by atoms with Gasteiger partial charge in [0.15, 0.2) is 0 Å². The Morgan fingerprint density at radius 2 is 2.00 bits per heavy atom. The molecule has 1 atom stereocenters. The van der Waals surface area contributed by atoms with Gasteiger partial charge in [0.25, 0.3) is 5.91 Å². The van der Waals surface area contributed by atoms with Crippen molar-refractivity contribution in [1.82, 2.24) is 15.5 Å². The summed E-state index contributed by atoms with van der Waals surface area (Å²) in [5.74, 6) is -0.598. The Labute approximate surface area is 158 Å². The average molecular weight is 375 g/mol.